The maximum absolute atomic E-state index is 12.9. The molecule has 1 rings (SSSR count). The van der Waals surface area contributed by atoms with Gasteiger partial charge < -0.3 is 4.74 Å². The smallest absolute Gasteiger partial charge is 0.338 e. The van der Waals surface area contributed by atoms with Crippen LogP contribution in [0, 0.1) is 6.92 Å². The number of aryl methyl sites for hydroxylation is 1. The zero-order valence-corrected chi connectivity index (χ0v) is 11.6. The highest BCUT2D eigenvalue weighted by atomic mass is 79.9. The van der Waals surface area contributed by atoms with E-state index < -0.39 is 21.1 Å². The fraction of sp³-hybridized carbons (Fsp3) is 0.300. The van der Waals surface area contributed by atoms with Crippen molar-refractivity contribution in [2.75, 3.05) is 6.61 Å². The molecule has 0 radical (unpaired) electrons. The summed E-state index contributed by atoms with van der Waals surface area (Å²) in [5, 5.41) is 0. The number of hydrogen-bond donors (Lipinski definition) is 0. The van der Waals surface area contributed by atoms with Crippen LogP contribution in [0.15, 0.2) is 21.5 Å². The zero-order valence-electron chi connectivity index (χ0n) is 9.16. The summed E-state index contributed by atoms with van der Waals surface area (Å²) in [6, 6.07) is 2.32. The van der Waals surface area contributed by atoms with Gasteiger partial charge in [0.15, 0.2) is 0 Å². The molecule has 1 aromatic rings. The molecule has 0 saturated carbocycles. The van der Waals surface area contributed by atoms with Gasteiger partial charge in [0.1, 0.15) is 4.90 Å². The van der Waals surface area contributed by atoms with Gasteiger partial charge in [-0.15, -0.1) is 3.89 Å². The van der Waals surface area contributed by atoms with Gasteiger partial charge in [-0.25, -0.2) is 4.79 Å². The normalized spacial score (nSPS) is 11.3. The summed E-state index contributed by atoms with van der Waals surface area (Å²) < 4.78 is 39.2. The summed E-state index contributed by atoms with van der Waals surface area (Å²) in [6.45, 7) is 3.37. The summed E-state index contributed by atoms with van der Waals surface area (Å²) >= 11 is 2.91. The van der Waals surface area contributed by atoms with Gasteiger partial charge in [-0.05, 0) is 47.5 Å². The Morgan fingerprint density at radius 1 is 1.47 bits per heavy atom. The third-order valence-electron chi connectivity index (χ3n) is 2.04. The summed E-state index contributed by atoms with van der Waals surface area (Å²) in [5.41, 5.74) is 0.536. The van der Waals surface area contributed by atoms with Crippen LogP contribution in [0.25, 0.3) is 0 Å². The molecule has 17 heavy (non-hydrogen) atoms. The highest BCUT2D eigenvalue weighted by Gasteiger charge is 2.20. The first-order valence-corrected chi connectivity index (χ1v) is 6.87. The summed E-state index contributed by atoms with van der Waals surface area (Å²) in [5.74, 6) is -0.575. The zero-order chi connectivity index (χ0) is 13.2. The van der Waals surface area contributed by atoms with E-state index in [9.17, 15) is 17.1 Å². The van der Waals surface area contributed by atoms with E-state index in [1.54, 1.807) is 6.92 Å². The van der Waals surface area contributed by atoms with E-state index >= 15 is 0 Å². The predicted molar refractivity (Wildman–Crippen MR) is 63.1 cm³/mol. The molecule has 4 nitrogen and oxygen atoms in total. The Kier molecular flexibility index (Phi) is 4.26. The molecule has 0 aliphatic rings. The van der Waals surface area contributed by atoms with Crippen molar-refractivity contribution in [1.82, 2.24) is 0 Å². The quantitative estimate of drug-likeness (QED) is 0.633. The first-order valence-electron chi connectivity index (χ1n) is 4.69. The van der Waals surface area contributed by atoms with Gasteiger partial charge in [-0.2, -0.15) is 8.42 Å². The number of carbonyl (C=O) groups is 1. The second-order valence-electron chi connectivity index (χ2n) is 3.26. The van der Waals surface area contributed by atoms with E-state index in [2.05, 4.69) is 15.9 Å². The largest absolute Gasteiger partial charge is 0.462 e. The monoisotopic (exact) mass is 324 g/mol. The average Bonchev–Trinajstić information content (AvgIpc) is 2.19. The predicted octanol–water partition coefficient (Wildman–Crippen LogP) is 2.59. The molecule has 0 unspecified atom stereocenters. The summed E-state index contributed by atoms with van der Waals surface area (Å²) in [7, 11) is -4.81. The van der Waals surface area contributed by atoms with Crippen LogP contribution >= 0.6 is 15.9 Å². The van der Waals surface area contributed by atoms with Crippen molar-refractivity contribution < 1.29 is 21.8 Å². The van der Waals surface area contributed by atoms with Crippen LogP contribution in [0.3, 0.4) is 0 Å². The highest BCUT2D eigenvalue weighted by Crippen LogP contribution is 2.27. The van der Waals surface area contributed by atoms with E-state index in [1.807, 2.05) is 0 Å². The molecule has 0 atom stereocenters. The van der Waals surface area contributed by atoms with Gasteiger partial charge in [0.25, 0.3) is 0 Å². The minimum Gasteiger partial charge on any atom is -0.462 e. The lowest BCUT2D eigenvalue weighted by Gasteiger charge is -2.08. The standard InChI is InChI=1S/C10H10BrFO4S/c1-3-16-10(13)7-5-8(11)9(4-6(7)2)17(12,14)15/h4-5H,3H2,1-2H3. The van der Waals surface area contributed by atoms with Crippen LogP contribution in [-0.2, 0) is 15.0 Å². The average molecular weight is 325 g/mol. The number of ether oxygens (including phenoxy) is 1. The molecule has 0 aliphatic carbocycles. The number of rotatable bonds is 3. The number of esters is 1. The number of benzene rings is 1. The van der Waals surface area contributed by atoms with Crippen LogP contribution in [0.4, 0.5) is 3.89 Å². The SMILES string of the molecule is CCOC(=O)c1cc(Br)c(S(=O)(=O)F)cc1C. The van der Waals surface area contributed by atoms with E-state index in [0.29, 0.717) is 5.56 Å². The molecular weight excluding hydrogens is 315 g/mol. The molecule has 0 N–H and O–H groups in total. The molecule has 0 saturated heterocycles. The van der Waals surface area contributed by atoms with E-state index in [0.717, 1.165) is 6.07 Å². The van der Waals surface area contributed by atoms with Gasteiger partial charge in [0, 0.05) is 4.47 Å². The van der Waals surface area contributed by atoms with Gasteiger partial charge >= 0.3 is 16.2 Å². The van der Waals surface area contributed by atoms with Crippen molar-refractivity contribution >= 4 is 32.1 Å². The Hall–Kier alpha value is -0.950. The van der Waals surface area contributed by atoms with Gasteiger partial charge in [0.2, 0.25) is 0 Å². The Morgan fingerprint density at radius 2 is 2.06 bits per heavy atom. The Bertz CT molecular complexity index is 554. The molecule has 0 aliphatic heterocycles. The number of carbonyl (C=O) groups excluding carboxylic acids is 1. The van der Waals surface area contributed by atoms with E-state index in [-0.39, 0.29) is 16.6 Å². The molecule has 0 fully saturated rings. The number of hydrogen-bond acceptors (Lipinski definition) is 4. The first-order chi connectivity index (χ1) is 7.77. The molecular formula is C10H10BrFO4S. The minimum absolute atomic E-state index is 0.00588. The van der Waals surface area contributed by atoms with Gasteiger partial charge in [0.05, 0.1) is 12.2 Å². The Balaban J connectivity index is 3.33. The number of halogens is 2. The third-order valence-corrected chi connectivity index (χ3v) is 3.82. The van der Waals surface area contributed by atoms with E-state index in [4.69, 9.17) is 4.74 Å². The van der Waals surface area contributed by atoms with Crippen molar-refractivity contribution in [3.63, 3.8) is 0 Å². The van der Waals surface area contributed by atoms with Crippen LogP contribution in [0.1, 0.15) is 22.8 Å². The molecule has 0 amide bonds. The highest BCUT2D eigenvalue weighted by molar-refractivity contribution is 9.10. The van der Waals surface area contributed by atoms with Crippen LogP contribution in [0.5, 0.6) is 0 Å². The van der Waals surface area contributed by atoms with Crippen molar-refractivity contribution in [2.45, 2.75) is 18.7 Å². The third kappa shape index (κ3) is 3.26. The first kappa shape index (κ1) is 14.1. The molecule has 0 aromatic heterocycles. The molecule has 1 aromatic carbocycles. The van der Waals surface area contributed by atoms with Gasteiger partial charge in [-0.1, -0.05) is 0 Å². The Morgan fingerprint density at radius 3 is 2.53 bits per heavy atom. The lowest BCUT2D eigenvalue weighted by Crippen LogP contribution is -2.08. The lowest BCUT2D eigenvalue weighted by molar-refractivity contribution is 0.0525. The minimum atomic E-state index is -4.81. The maximum Gasteiger partial charge on any atom is 0.338 e. The fourth-order valence-electron chi connectivity index (χ4n) is 1.27. The van der Waals surface area contributed by atoms with Crippen molar-refractivity contribution in [3.05, 3.63) is 27.7 Å². The van der Waals surface area contributed by atoms with Gasteiger partial charge in [-0.3, -0.25) is 0 Å². The molecule has 94 valence electrons. The second-order valence-corrected chi connectivity index (χ2v) is 5.43. The maximum atomic E-state index is 12.9. The van der Waals surface area contributed by atoms with E-state index in [1.165, 1.54) is 13.0 Å². The summed E-state index contributed by atoms with van der Waals surface area (Å²) in [4.78, 5) is 11.0. The lowest BCUT2D eigenvalue weighted by atomic mass is 10.1. The summed E-state index contributed by atoms with van der Waals surface area (Å²) in [6.07, 6.45) is 0. The molecule has 0 bridgehead atoms. The topological polar surface area (TPSA) is 60.4 Å². The molecule has 0 spiro atoms. The van der Waals surface area contributed by atoms with Crippen LogP contribution < -0.4 is 0 Å². The van der Waals surface area contributed by atoms with Crippen molar-refractivity contribution in [2.24, 2.45) is 0 Å². The van der Waals surface area contributed by atoms with Crippen LogP contribution in [0.2, 0.25) is 0 Å². The fourth-order valence-corrected chi connectivity index (χ4v) is 2.80. The van der Waals surface area contributed by atoms with Crippen LogP contribution in [-0.4, -0.2) is 21.0 Å². The molecule has 0 heterocycles. The van der Waals surface area contributed by atoms with Crippen molar-refractivity contribution in [3.8, 4) is 0 Å². The van der Waals surface area contributed by atoms with Crippen molar-refractivity contribution in [1.29, 1.82) is 0 Å². The Labute approximate surface area is 107 Å². The molecule has 7 heteroatoms. The second kappa shape index (κ2) is 5.14.